The molecule has 0 unspecified atom stereocenters. The summed E-state index contributed by atoms with van der Waals surface area (Å²) >= 11 is 0. The van der Waals surface area contributed by atoms with Crippen molar-refractivity contribution in [2.45, 2.75) is 96.2 Å². The van der Waals surface area contributed by atoms with Crippen molar-refractivity contribution in [2.24, 2.45) is 34.5 Å². The van der Waals surface area contributed by atoms with Crippen molar-refractivity contribution in [3.8, 4) is 0 Å². The first-order valence-corrected chi connectivity index (χ1v) is 15.9. The van der Waals surface area contributed by atoms with Crippen LogP contribution >= 0.6 is 0 Å². The molecule has 4 heteroatoms. The molecule has 0 amide bonds. The Labute approximate surface area is 239 Å². The van der Waals surface area contributed by atoms with Crippen molar-refractivity contribution in [3.05, 3.63) is 71.8 Å². The van der Waals surface area contributed by atoms with Gasteiger partial charge in [-0.1, -0.05) is 74.5 Å². The van der Waals surface area contributed by atoms with Crippen molar-refractivity contribution in [1.82, 2.24) is 4.90 Å². The summed E-state index contributed by atoms with van der Waals surface area (Å²) in [7, 11) is 0. The molecule has 5 aliphatic rings. The molecule has 4 saturated carbocycles. The molecule has 2 aromatic carbocycles. The van der Waals surface area contributed by atoms with Gasteiger partial charge in [-0.2, -0.15) is 0 Å². The van der Waals surface area contributed by atoms with E-state index in [0.29, 0.717) is 41.3 Å². The van der Waals surface area contributed by atoms with Crippen LogP contribution < -0.4 is 0 Å². The molecular formula is C36H45NO3. The Balaban J connectivity index is 1.13. The average molecular weight is 540 g/mol. The molecule has 0 radical (unpaired) electrons. The van der Waals surface area contributed by atoms with Crippen molar-refractivity contribution in [2.75, 3.05) is 6.54 Å². The molecule has 2 aromatic rings. The molecule has 212 valence electrons. The van der Waals surface area contributed by atoms with Crippen LogP contribution in [-0.2, 0) is 27.3 Å². The first-order chi connectivity index (χ1) is 19.3. The molecule has 0 N–H and O–H groups in total. The highest BCUT2D eigenvalue weighted by molar-refractivity contribution is 5.87. The third kappa shape index (κ3) is 4.28. The van der Waals surface area contributed by atoms with Gasteiger partial charge in [0.15, 0.2) is 0 Å². The molecule has 1 spiro atoms. The fourth-order valence-electron chi connectivity index (χ4n) is 10.3. The Hall–Kier alpha value is -2.46. The van der Waals surface area contributed by atoms with Crippen LogP contribution in [0.3, 0.4) is 0 Å². The van der Waals surface area contributed by atoms with E-state index in [9.17, 15) is 9.59 Å². The normalized spacial score (nSPS) is 41.2. The van der Waals surface area contributed by atoms with Gasteiger partial charge in [-0.15, -0.1) is 0 Å². The van der Waals surface area contributed by atoms with Gasteiger partial charge in [-0.05, 0) is 98.0 Å². The van der Waals surface area contributed by atoms with Gasteiger partial charge < -0.3 is 4.74 Å². The maximum absolute atomic E-state index is 13.8. The van der Waals surface area contributed by atoms with Gasteiger partial charge in [0, 0.05) is 24.9 Å². The topological polar surface area (TPSA) is 46.6 Å². The van der Waals surface area contributed by atoms with E-state index in [1.165, 1.54) is 30.4 Å². The second-order valence-corrected chi connectivity index (χ2v) is 14.5. The molecule has 40 heavy (non-hydrogen) atoms. The number of nitrogens with zero attached hydrogens (tertiary/aromatic N) is 1. The number of Topliss-reactive ketones (excluding diaryl/α,β-unsaturated/α-hetero) is 1. The lowest BCUT2D eigenvalue weighted by Gasteiger charge is -2.62. The monoisotopic (exact) mass is 539 g/mol. The average Bonchev–Trinajstić information content (AvgIpc) is 3.26. The van der Waals surface area contributed by atoms with E-state index in [4.69, 9.17) is 4.74 Å². The van der Waals surface area contributed by atoms with E-state index in [2.05, 4.69) is 73.3 Å². The van der Waals surface area contributed by atoms with Gasteiger partial charge in [0.2, 0.25) is 0 Å². The predicted octanol–water partition coefficient (Wildman–Crippen LogP) is 7.01. The zero-order valence-corrected chi connectivity index (χ0v) is 24.3. The maximum atomic E-state index is 13.8. The van der Waals surface area contributed by atoms with Crippen LogP contribution in [0.5, 0.6) is 0 Å². The SMILES string of the molecule is C[C@]12CC[C@@]3(C[C@@H]1CC[C@@H]1[C@@H]2CC[C@]2(C)C(=O)CC[C@@H]12)CN(Cc1ccccc1)[C@H](Cc1ccccc1)C(=O)O3. The summed E-state index contributed by atoms with van der Waals surface area (Å²) in [5.41, 5.74) is 2.28. The standard InChI is InChI=1S/C36H45NO3/c1-34-19-20-36(22-27(34)13-14-28-29-15-16-32(38)35(29,2)18-17-30(28)34)24-37(23-26-11-7-4-8-12-26)31(33(39)40-36)21-25-9-5-3-6-10-25/h3-12,27-31H,13-24H2,1-2H3/t27-,28-,29-,30-,31+,34-,35-,36+/m0/s1. The number of benzene rings is 2. The van der Waals surface area contributed by atoms with Crippen LogP contribution in [0, 0.1) is 34.5 Å². The Bertz CT molecular complexity index is 1260. The minimum atomic E-state index is -0.386. The highest BCUT2D eigenvalue weighted by atomic mass is 16.6. The third-order valence-corrected chi connectivity index (χ3v) is 12.5. The van der Waals surface area contributed by atoms with Crippen LogP contribution in [0.4, 0.5) is 0 Å². The fraction of sp³-hybridized carbons (Fsp3) is 0.611. The number of ketones is 1. The summed E-state index contributed by atoms with van der Waals surface area (Å²) in [5, 5.41) is 0. The Morgan fingerprint density at radius 3 is 2.30 bits per heavy atom. The summed E-state index contributed by atoms with van der Waals surface area (Å²) in [6, 6.07) is 20.7. The minimum Gasteiger partial charge on any atom is -0.457 e. The molecule has 8 atom stereocenters. The first kappa shape index (κ1) is 26.4. The molecule has 7 rings (SSSR count). The minimum absolute atomic E-state index is 0.0405. The zero-order chi connectivity index (χ0) is 27.5. The molecule has 4 aliphatic carbocycles. The fourth-order valence-corrected chi connectivity index (χ4v) is 10.3. The lowest BCUT2D eigenvalue weighted by Crippen LogP contribution is -2.64. The molecule has 0 aromatic heterocycles. The number of ether oxygens (including phenoxy) is 1. The molecular weight excluding hydrogens is 494 g/mol. The lowest BCUT2D eigenvalue weighted by molar-refractivity contribution is -0.208. The number of esters is 1. The second-order valence-electron chi connectivity index (χ2n) is 14.5. The highest BCUT2D eigenvalue weighted by Gasteiger charge is 2.62. The number of hydrogen-bond donors (Lipinski definition) is 0. The van der Waals surface area contributed by atoms with Gasteiger partial charge in [0.05, 0.1) is 0 Å². The summed E-state index contributed by atoms with van der Waals surface area (Å²) in [5.74, 6) is 3.06. The van der Waals surface area contributed by atoms with Crippen molar-refractivity contribution < 1.29 is 14.3 Å². The van der Waals surface area contributed by atoms with Crippen LogP contribution in [-0.4, -0.2) is 34.8 Å². The van der Waals surface area contributed by atoms with Crippen molar-refractivity contribution in [3.63, 3.8) is 0 Å². The van der Waals surface area contributed by atoms with E-state index in [0.717, 1.165) is 51.6 Å². The Kier molecular flexibility index (Phi) is 6.49. The van der Waals surface area contributed by atoms with Gasteiger partial charge in [0.1, 0.15) is 17.4 Å². The molecule has 0 bridgehead atoms. The quantitative estimate of drug-likeness (QED) is 0.392. The summed E-state index contributed by atoms with van der Waals surface area (Å²) in [6.45, 7) is 6.44. The first-order valence-electron chi connectivity index (χ1n) is 15.9. The smallest absolute Gasteiger partial charge is 0.324 e. The van der Waals surface area contributed by atoms with Gasteiger partial charge >= 0.3 is 5.97 Å². The zero-order valence-electron chi connectivity index (χ0n) is 24.3. The number of fused-ring (bicyclic) bond motifs is 5. The second kappa shape index (κ2) is 9.82. The molecule has 5 fully saturated rings. The maximum Gasteiger partial charge on any atom is 0.324 e. The van der Waals surface area contributed by atoms with Gasteiger partial charge in [0.25, 0.3) is 0 Å². The molecule has 1 heterocycles. The largest absolute Gasteiger partial charge is 0.457 e. The van der Waals surface area contributed by atoms with Gasteiger partial charge in [-0.3, -0.25) is 14.5 Å². The Morgan fingerprint density at radius 1 is 0.825 bits per heavy atom. The molecule has 1 aliphatic heterocycles. The van der Waals surface area contributed by atoms with E-state index < -0.39 is 0 Å². The van der Waals surface area contributed by atoms with E-state index >= 15 is 0 Å². The summed E-state index contributed by atoms with van der Waals surface area (Å²) in [6.07, 6.45) is 10.4. The van der Waals surface area contributed by atoms with Gasteiger partial charge in [-0.25, -0.2) is 0 Å². The predicted molar refractivity (Wildman–Crippen MR) is 156 cm³/mol. The summed E-state index contributed by atoms with van der Waals surface area (Å²) in [4.78, 5) is 29.1. The number of rotatable bonds is 4. The van der Waals surface area contributed by atoms with Crippen LogP contribution in [0.15, 0.2) is 60.7 Å². The number of morpholine rings is 1. The number of hydrogen-bond acceptors (Lipinski definition) is 4. The van der Waals surface area contributed by atoms with E-state index in [1.807, 2.05) is 6.07 Å². The van der Waals surface area contributed by atoms with Crippen LogP contribution in [0.1, 0.15) is 82.8 Å². The van der Waals surface area contributed by atoms with Crippen LogP contribution in [0.2, 0.25) is 0 Å². The van der Waals surface area contributed by atoms with Crippen LogP contribution in [0.25, 0.3) is 0 Å². The highest BCUT2D eigenvalue weighted by Crippen LogP contribution is 2.66. The molecule has 4 nitrogen and oxygen atoms in total. The van der Waals surface area contributed by atoms with E-state index in [1.54, 1.807) is 0 Å². The molecule has 1 saturated heterocycles. The van der Waals surface area contributed by atoms with Crippen molar-refractivity contribution >= 4 is 11.8 Å². The third-order valence-electron chi connectivity index (χ3n) is 12.5. The van der Waals surface area contributed by atoms with E-state index in [-0.39, 0.29) is 23.0 Å². The summed E-state index contributed by atoms with van der Waals surface area (Å²) < 4.78 is 6.57. The number of carbonyl (C=O) groups excluding carboxylic acids is 2. The number of carbonyl (C=O) groups is 2. The van der Waals surface area contributed by atoms with Crippen molar-refractivity contribution in [1.29, 1.82) is 0 Å². The lowest BCUT2D eigenvalue weighted by atomic mass is 9.44. The Morgan fingerprint density at radius 2 is 1.55 bits per heavy atom.